The van der Waals surface area contributed by atoms with Gasteiger partial charge < -0.3 is 5.11 Å². The van der Waals surface area contributed by atoms with Crippen molar-refractivity contribution in [2.24, 2.45) is 11.8 Å². The third kappa shape index (κ3) is 2.16. The molecule has 1 saturated carbocycles. The normalized spacial score (nSPS) is 24.6. The number of alkyl halides is 2. The van der Waals surface area contributed by atoms with E-state index in [2.05, 4.69) is 0 Å². The van der Waals surface area contributed by atoms with Crippen molar-refractivity contribution in [2.75, 3.05) is 0 Å². The average Bonchev–Trinajstić information content (AvgIpc) is 1.80. The summed E-state index contributed by atoms with van der Waals surface area (Å²) in [6.45, 7) is 1.72. The highest BCUT2D eigenvalue weighted by molar-refractivity contribution is 5.67. The minimum atomic E-state index is -2.53. The van der Waals surface area contributed by atoms with Crippen LogP contribution in [0.2, 0.25) is 0 Å². The van der Waals surface area contributed by atoms with E-state index in [4.69, 9.17) is 5.11 Å². The van der Waals surface area contributed by atoms with Gasteiger partial charge in [0.1, 0.15) is 0 Å². The Hall–Kier alpha value is -0.670. The van der Waals surface area contributed by atoms with Crippen molar-refractivity contribution in [3.05, 3.63) is 0 Å². The molecule has 1 fully saturated rings. The SMILES string of the molecule is CC(CC(=O)O)C1CC(F)(F)C1. The predicted octanol–water partition coefficient (Wildman–Crippen LogP) is 2.14. The van der Waals surface area contributed by atoms with E-state index in [0.717, 1.165) is 0 Å². The topological polar surface area (TPSA) is 37.3 Å². The molecule has 1 N–H and O–H groups in total. The van der Waals surface area contributed by atoms with Crippen molar-refractivity contribution < 1.29 is 18.7 Å². The van der Waals surface area contributed by atoms with Crippen LogP contribution in [0.3, 0.4) is 0 Å². The summed E-state index contributed by atoms with van der Waals surface area (Å²) >= 11 is 0. The van der Waals surface area contributed by atoms with Gasteiger partial charge in [-0.3, -0.25) is 4.79 Å². The fourth-order valence-corrected chi connectivity index (χ4v) is 1.55. The molecule has 0 spiro atoms. The highest BCUT2D eigenvalue weighted by atomic mass is 19.3. The molecule has 0 amide bonds. The second-order valence-electron chi connectivity index (χ2n) is 3.60. The Morgan fingerprint density at radius 1 is 1.67 bits per heavy atom. The first kappa shape index (κ1) is 9.42. The maximum Gasteiger partial charge on any atom is 0.303 e. The fourth-order valence-electron chi connectivity index (χ4n) is 1.55. The molecule has 1 unspecified atom stereocenters. The third-order valence-corrected chi connectivity index (χ3v) is 2.42. The maximum absolute atomic E-state index is 12.3. The quantitative estimate of drug-likeness (QED) is 0.718. The van der Waals surface area contributed by atoms with Gasteiger partial charge in [0.25, 0.3) is 0 Å². The summed E-state index contributed by atoms with van der Waals surface area (Å²) in [6.07, 6.45) is -0.274. The van der Waals surface area contributed by atoms with Gasteiger partial charge in [0, 0.05) is 19.3 Å². The number of aliphatic carboxylic acids is 1. The van der Waals surface area contributed by atoms with E-state index in [0.29, 0.717) is 0 Å². The molecule has 1 aliphatic rings. The van der Waals surface area contributed by atoms with Crippen LogP contribution >= 0.6 is 0 Å². The van der Waals surface area contributed by atoms with E-state index < -0.39 is 11.9 Å². The zero-order valence-electron chi connectivity index (χ0n) is 6.89. The Morgan fingerprint density at radius 3 is 2.50 bits per heavy atom. The summed E-state index contributed by atoms with van der Waals surface area (Å²) in [5, 5.41) is 8.39. The molecule has 1 rings (SSSR count). The van der Waals surface area contributed by atoms with E-state index in [1.54, 1.807) is 6.92 Å². The molecule has 12 heavy (non-hydrogen) atoms. The standard InChI is InChI=1S/C8H12F2O2/c1-5(2-7(11)12)6-3-8(9,10)4-6/h5-6H,2-4H2,1H3,(H,11,12). The molecule has 1 aliphatic carbocycles. The van der Waals surface area contributed by atoms with Gasteiger partial charge in [-0.1, -0.05) is 6.92 Å². The molecule has 70 valence electrons. The largest absolute Gasteiger partial charge is 0.481 e. The molecule has 2 nitrogen and oxygen atoms in total. The van der Waals surface area contributed by atoms with Crippen LogP contribution in [0.15, 0.2) is 0 Å². The van der Waals surface area contributed by atoms with Gasteiger partial charge >= 0.3 is 5.97 Å². The zero-order chi connectivity index (χ0) is 9.35. The van der Waals surface area contributed by atoms with Gasteiger partial charge in [-0.2, -0.15) is 0 Å². The zero-order valence-corrected chi connectivity index (χ0v) is 6.89. The van der Waals surface area contributed by atoms with Crippen LogP contribution in [0.25, 0.3) is 0 Å². The molecule has 0 saturated heterocycles. The molecule has 0 aromatic rings. The summed E-state index contributed by atoms with van der Waals surface area (Å²) < 4.78 is 24.7. The Bertz CT molecular complexity index is 183. The smallest absolute Gasteiger partial charge is 0.303 e. The van der Waals surface area contributed by atoms with Gasteiger partial charge in [-0.15, -0.1) is 0 Å². The molecule has 0 aromatic heterocycles. The van der Waals surface area contributed by atoms with Crippen molar-refractivity contribution in [2.45, 2.75) is 32.1 Å². The van der Waals surface area contributed by atoms with Crippen LogP contribution in [0, 0.1) is 11.8 Å². The van der Waals surface area contributed by atoms with Gasteiger partial charge in [-0.25, -0.2) is 8.78 Å². The number of carboxylic acid groups (broad SMARTS) is 1. The van der Waals surface area contributed by atoms with Gasteiger partial charge in [0.2, 0.25) is 5.92 Å². The minimum absolute atomic E-state index is 0.000741. The van der Waals surface area contributed by atoms with E-state index in [-0.39, 0.29) is 31.1 Å². The number of rotatable bonds is 3. The first-order valence-corrected chi connectivity index (χ1v) is 4.00. The molecule has 0 heterocycles. The Balaban J connectivity index is 2.28. The lowest BCUT2D eigenvalue weighted by molar-refractivity contribution is -0.145. The Morgan fingerprint density at radius 2 is 2.17 bits per heavy atom. The van der Waals surface area contributed by atoms with Crippen molar-refractivity contribution in [1.29, 1.82) is 0 Å². The van der Waals surface area contributed by atoms with Crippen molar-refractivity contribution in [3.63, 3.8) is 0 Å². The Kier molecular flexibility index (Phi) is 2.35. The van der Waals surface area contributed by atoms with Gasteiger partial charge in [0.15, 0.2) is 0 Å². The summed E-state index contributed by atoms with van der Waals surface area (Å²) in [6, 6.07) is 0. The number of carbonyl (C=O) groups is 1. The molecule has 0 radical (unpaired) electrons. The summed E-state index contributed by atoms with van der Waals surface area (Å²) in [5.41, 5.74) is 0. The highest BCUT2D eigenvalue weighted by Gasteiger charge is 2.47. The minimum Gasteiger partial charge on any atom is -0.481 e. The number of hydrogen-bond acceptors (Lipinski definition) is 1. The maximum atomic E-state index is 12.3. The summed E-state index contributed by atoms with van der Waals surface area (Å²) in [5.74, 6) is -3.66. The van der Waals surface area contributed by atoms with Crippen molar-refractivity contribution in [3.8, 4) is 0 Å². The third-order valence-electron chi connectivity index (χ3n) is 2.42. The number of hydrogen-bond donors (Lipinski definition) is 1. The summed E-state index contributed by atoms with van der Waals surface area (Å²) in [7, 11) is 0. The number of carboxylic acids is 1. The van der Waals surface area contributed by atoms with E-state index in [9.17, 15) is 13.6 Å². The lowest BCUT2D eigenvalue weighted by Crippen LogP contribution is -2.39. The van der Waals surface area contributed by atoms with E-state index in [1.807, 2.05) is 0 Å². The lowest BCUT2D eigenvalue weighted by atomic mass is 9.73. The second-order valence-corrected chi connectivity index (χ2v) is 3.60. The fraction of sp³-hybridized carbons (Fsp3) is 0.875. The van der Waals surface area contributed by atoms with Crippen LogP contribution in [0.1, 0.15) is 26.2 Å². The van der Waals surface area contributed by atoms with Crippen LogP contribution in [0.4, 0.5) is 8.78 Å². The summed E-state index contributed by atoms with van der Waals surface area (Å²) in [4.78, 5) is 10.2. The Labute approximate surface area is 69.6 Å². The molecule has 1 atom stereocenters. The molecular weight excluding hydrogens is 166 g/mol. The van der Waals surface area contributed by atoms with Gasteiger partial charge in [0.05, 0.1) is 0 Å². The monoisotopic (exact) mass is 178 g/mol. The van der Waals surface area contributed by atoms with Crippen LogP contribution < -0.4 is 0 Å². The molecule has 0 aromatic carbocycles. The van der Waals surface area contributed by atoms with Crippen LogP contribution in [-0.2, 0) is 4.79 Å². The first-order chi connectivity index (χ1) is 5.41. The van der Waals surface area contributed by atoms with Crippen molar-refractivity contribution in [1.82, 2.24) is 0 Å². The average molecular weight is 178 g/mol. The molecule has 0 aliphatic heterocycles. The second kappa shape index (κ2) is 2.99. The highest BCUT2D eigenvalue weighted by Crippen LogP contribution is 2.46. The van der Waals surface area contributed by atoms with Gasteiger partial charge in [-0.05, 0) is 11.8 Å². The van der Waals surface area contributed by atoms with Crippen LogP contribution in [-0.4, -0.2) is 17.0 Å². The van der Waals surface area contributed by atoms with E-state index >= 15 is 0 Å². The lowest BCUT2D eigenvalue weighted by Gasteiger charge is -2.38. The van der Waals surface area contributed by atoms with Crippen LogP contribution in [0.5, 0.6) is 0 Å². The first-order valence-electron chi connectivity index (χ1n) is 4.00. The molecular formula is C8H12F2O2. The molecule has 4 heteroatoms. The van der Waals surface area contributed by atoms with E-state index in [1.165, 1.54) is 0 Å². The van der Waals surface area contributed by atoms with Crippen molar-refractivity contribution >= 4 is 5.97 Å². The predicted molar refractivity (Wildman–Crippen MR) is 39.1 cm³/mol. The number of halogens is 2. The molecule has 0 bridgehead atoms.